The summed E-state index contributed by atoms with van der Waals surface area (Å²) >= 11 is 1.39. The van der Waals surface area contributed by atoms with Crippen LogP contribution in [0.1, 0.15) is 28.5 Å². The zero-order valence-corrected chi connectivity index (χ0v) is 15.9. The molecule has 2 aromatic rings. The molecule has 8 nitrogen and oxygen atoms in total. The number of hydrogen-bond donors (Lipinski definition) is 4. The Morgan fingerprint density at radius 2 is 1.85 bits per heavy atom. The fourth-order valence-corrected chi connectivity index (χ4v) is 3.03. The van der Waals surface area contributed by atoms with Gasteiger partial charge in [-0.25, -0.2) is 4.79 Å². The summed E-state index contributed by atoms with van der Waals surface area (Å²) < 4.78 is 5.39. The number of aryl methyl sites for hydroxylation is 2. The van der Waals surface area contributed by atoms with Crippen LogP contribution in [0.25, 0.3) is 0 Å². The van der Waals surface area contributed by atoms with Gasteiger partial charge in [0.2, 0.25) is 5.91 Å². The van der Waals surface area contributed by atoms with Gasteiger partial charge in [0, 0.05) is 4.88 Å². The highest BCUT2D eigenvalue weighted by molar-refractivity contribution is 7.10. The van der Waals surface area contributed by atoms with Gasteiger partial charge in [0.15, 0.2) is 6.61 Å². The van der Waals surface area contributed by atoms with Crippen molar-refractivity contribution >= 4 is 29.2 Å². The van der Waals surface area contributed by atoms with Crippen LogP contribution in [-0.4, -0.2) is 24.5 Å². The third-order valence-corrected chi connectivity index (χ3v) is 4.77. The molecule has 0 aliphatic rings. The van der Waals surface area contributed by atoms with Crippen molar-refractivity contribution in [3.05, 3.63) is 51.7 Å². The van der Waals surface area contributed by atoms with Gasteiger partial charge in [-0.05, 0) is 48.6 Å². The van der Waals surface area contributed by atoms with E-state index in [9.17, 15) is 14.4 Å². The van der Waals surface area contributed by atoms with Crippen molar-refractivity contribution in [1.82, 2.24) is 16.2 Å². The van der Waals surface area contributed by atoms with Gasteiger partial charge in [-0.15, -0.1) is 11.3 Å². The first kappa shape index (κ1) is 20.2. The Bertz CT molecular complexity index is 808. The average Bonchev–Trinajstić information content (AvgIpc) is 3.14. The first-order chi connectivity index (χ1) is 12.8. The summed E-state index contributed by atoms with van der Waals surface area (Å²) in [5, 5.41) is 4.34. The number of hydrogen-bond acceptors (Lipinski definition) is 5. The first-order valence-electron chi connectivity index (χ1n) is 8.22. The monoisotopic (exact) mass is 390 g/mol. The Kier molecular flexibility index (Phi) is 7.18. The molecule has 4 amide bonds. The largest absolute Gasteiger partial charge is 0.484 e. The van der Waals surface area contributed by atoms with Crippen molar-refractivity contribution in [1.29, 1.82) is 0 Å². The van der Waals surface area contributed by atoms with E-state index in [1.165, 1.54) is 11.3 Å². The number of ether oxygens (including phenoxy) is 1. The van der Waals surface area contributed by atoms with Gasteiger partial charge < -0.3 is 15.8 Å². The lowest BCUT2D eigenvalue weighted by Crippen LogP contribution is -2.45. The molecule has 0 fully saturated rings. The van der Waals surface area contributed by atoms with E-state index < -0.39 is 23.9 Å². The third-order valence-electron chi connectivity index (χ3n) is 3.78. The molecule has 0 saturated heterocycles. The van der Waals surface area contributed by atoms with E-state index in [4.69, 9.17) is 10.5 Å². The second kappa shape index (κ2) is 9.58. The van der Waals surface area contributed by atoms with Crippen molar-refractivity contribution in [2.45, 2.75) is 26.3 Å². The maximum absolute atomic E-state index is 12.0. The van der Waals surface area contributed by atoms with Crippen molar-refractivity contribution in [3.8, 4) is 5.75 Å². The van der Waals surface area contributed by atoms with Crippen LogP contribution < -0.4 is 26.6 Å². The molecular weight excluding hydrogens is 368 g/mol. The molecule has 2 rings (SSSR count). The molecule has 27 heavy (non-hydrogen) atoms. The topological polar surface area (TPSA) is 123 Å². The van der Waals surface area contributed by atoms with Crippen LogP contribution in [0, 0.1) is 13.8 Å². The fraction of sp³-hybridized carbons (Fsp3) is 0.278. The summed E-state index contributed by atoms with van der Waals surface area (Å²) in [4.78, 5) is 35.8. The molecule has 1 unspecified atom stereocenters. The lowest BCUT2D eigenvalue weighted by molar-refractivity contribution is -0.130. The van der Waals surface area contributed by atoms with Crippen molar-refractivity contribution in [3.63, 3.8) is 0 Å². The van der Waals surface area contributed by atoms with Gasteiger partial charge in [-0.1, -0.05) is 12.1 Å². The van der Waals surface area contributed by atoms with E-state index in [0.717, 1.165) is 16.0 Å². The average molecular weight is 390 g/mol. The maximum Gasteiger partial charge on any atom is 0.312 e. The van der Waals surface area contributed by atoms with Crippen molar-refractivity contribution in [2.75, 3.05) is 6.61 Å². The van der Waals surface area contributed by atoms with Crippen molar-refractivity contribution < 1.29 is 19.1 Å². The smallest absolute Gasteiger partial charge is 0.312 e. The predicted molar refractivity (Wildman–Crippen MR) is 102 cm³/mol. The van der Waals surface area contributed by atoms with E-state index in [-0.39, 0.29) is 13.0 Å². The van der Waals surface area contributed by atoms with Crippen LogP contribution in [0.4, 0.5) is 4.79 Å². The lowest BCUT2D eigenvalue weighted by atomic mass is 10.1. The highest BCUT2D eigenvalue weighted by Crippen LogP contribution is 2.21. The molecule has 0 bridgehead atoms. The molecule has 0 aliphatic heterocycles. The summed E-state index contributed by atoms with van der Waals surface area (Å²) in [5.74, 6) is -0.401. The SMILES string of the molecule is Cc1ccc(OCC(=O)NNC(=O)CC(NC(N)=O)c2cccs2)cc1C. The Morgan fingerprint density at radius 3 is 2.48 bits per heavy atom. The highest BCUT2D eigenvalue weighted by atomic mass is 32.1. The molecule has 1 aromatic heterocycles. The van der Waals surface area contributed by atoms with Crippen molar-refractivity contribution in [2.24, 2.45) is 5.73 Å². The standard InChI is InChI=1S/C18H22N4O4S/c1-11-5-6-13(8-12(11)2)26-10-17(24)22-21-16(23)9-14(20-18(19)25)15-4-3-7-27-15/h3-8,14H,9-10H2,1-2H3,(H,21,23)(H,22,24)(H3,19,20,25). The highest BCUT2D eigenvalue weighted by Gasteiger charge is 2.18. The molecule has 5 N–H and O–H groups in total. The molecule has 0 saturated carbocycles. The Balaban J connectivity index is 1.78. The predicted octanol–water partition coefficient (Wildman–Crippen LogP) is 1.69. The summed E-state index contributed by atoms with van der Waals surface area (Å²) in [7, 11) is 0. The van der Waals surface area contributed by atoms with Gasteiger partial charge in [-0.2, -0.15) is 0 Å². The van der Waals surface area contributed by atoms with Gasteiger partial charge in [0.25, 0.3) is 5.91 Å². The van der Waals surface area contributed by atoms with Crippen LogP contribution in [0.3, 0.4) is 0 Å². The van der Waals surface area contributed by atoms with Crippen LogP contribution in [0.15, 0.2) is 35.7 Å². The van der Waals surface area contributed by atoms with Gasteiger partial charge in [0.05, 0.1) is 12.5 Å². The molecule has 9 heteroatoms. The minimum absolute atomic E-state index is 0.0677. The summed E-state index contributed by atoms with van der Waals surface area (Å²) in [5.41, 5.74) is 11.9. The van der Waals surface area contributed by atoms with Crippen LogP contribution >= 0.6 is 11.3 Å². The minimum atomic E-state index is -0.730. The third kappa shape index (κ3) is 6.63. The van der Waals surface area contributed by atoms with E-state index in [2.05, 4.69) is 16.2 Å². The number of benzene rings is 1. The van der Waals surface area contributed by atoms with E-state index in [0.29, 0.717) is 5.75 Å². The van der Waals surface area contributed by atoms with Gasteiger partial charge in [-0.3, -0.25) is 20.4 Å². The van der Waals surface area contributed by atoms with Crippen LogP contribution in [-0.2, 0) is 9.59 Å². The zero-order chi connectivity index (χ0) is 19.8. The quantitative estimate of drug-likeness (QED) is 0.537. The Labute approximate surface area is 161 Å². The van der Waals surface area contributed by atoms with E-state index in [1.807, 2.05) is 31.4 Å². The molecule has 0 spiro atoms. The van der Waals surface area contributed by atoms with Gasteiger partial charge >= 0.3 is 6.03 Å². The Morgan fingerprint density at radius 1 is 1.11 bits per heavy atom. The summed E-state index contributed by atoms with van der Waals surface area (Å²) in [6.45, 7) is 3.70. The number of primary amides is 1. The first-order valence-corrected chi connectivity index (χ1v) is 9.10. The van der Waals surface area contributed by atoms with Gasteiger partial charge in [0.1, 0.15) is 5.75 Å². The second-order valence-corrected chi connectivity index (χ2v) is 6.89. The normalized spacial score (nSPS) is 11.3. The summed E-state index contributed by atoms with van der Waals surface area (Å²) in [6, 6.07) is 7.81. The number of nitrogens with one attached hydrogen (secondary N) is 3. The number of carbonyl (C=O) groups is 3. The second-order valence-electron chi connectivity index (χ2n) is 5.91. The van der Waals surface area contributed by atoms with Crippen LogP contribution in [0.5, 0.6) is 5.75 Å². The Hall–Kier alpha value is -3.07. The number of rotatable bonds is 7. The van der Waals surface area contributed by atoms with Crippen LogP contribution in [0.2, 0.25) is 0 Å². The molecule has 1 aromatic carbocycles. The number of amides is 4. The molecule has 0 radical (unpaired) electrons. The fourth-order valence-electron chi connectivity index (χ4n) is 2.25. The van der Waals surface area contributed by atoms with E-state index >= 15 is 0 Å². The molecular formula is C18H22N4O4S. The zero-order valence-electron chi connectivity index (χ0n) is 15.1. The maximum atomic E-state index is 12.0. The summed E-state index contributed by atoms with van der Waals surface area (Å²) in [6.07, 6.45) is -0.0677. The number of hydrazine groups is 1. The van der Waals surface area contributed by atoms with E-state index in [1.54, 1.807) is 18.2 Å². The number of urea groups is 1. The minimum Gasteiger partial charge on any atom is -0.484 e. The number of thiophene rings is 1. The molecule has 1 atom stereocenters. The molecule has 1 heterocycles. The molecule has 144 valence electrons. The lowest BCUT2D eigenvalue weighted by Gasteiger charge is -2.16. The number of nitrogens with two attached hydrogens (primary N) is 1. The molecule has 0 aliphatic carbocycles. The number of carbonyl (C=O) groups excluding carboxylic acids is 3.